The van der Waals surface area contributed by atoms with E-state index in [9.17, 15) is 9.59 Å². The first kappa shape index (κ1) is 15.1. The minimum absolute atomic E-state index is 0.164. The van der Waals surface area contributed by atoms with Crippen molar-refractivity contribution in [2.24, 2.45) is 0 Å². The first-order chi connectivity index (χ1) is 12.1. The van der Waals surface area contributed by atoms with Crippen molar-refractivity contribution in [2.75, 3.05) is 5.32 Å². The second-order valence-corrected chi connectivity index (χ2v) is 5.81. The Bertz CT molecular complexity index is 1140. The molecule has 2 aromatic carbocycles. The topological polar surface area (TPSA) is 81.3 Å². The molecular formula is C18H15N5O2. The van der Waals surface area contributed by atoms with Gasteiger partial charge in [0, 0.05) is 11.1 Å². The van der Waals surface area contributed by atoms with Gasteiger partial charge in [-0.2, -0.15) is 0 Å². The van der Waals surface area contributed by atoms with Crippen LogP contribution in [-0.2, 0) is 11.3 Å². The van der Waals surface area contributed by atoms with E-state index < -0.39 is 5.69 Å². The van der Waals surface area contributed by atoms with Crippen molar-refractivity contribution < 1.29 is 4.79 Å². The van der Waals surface area contributed by atoms with Crippen LogP contribution in [0.25, 0.3) is 16.6 Å². The fourth-order valence-electron chi connectivity index (χ4n) is 2.68. The number of benzene rings is 2. The molecule has 0 spiro atoms. The van der Waals surface area contributed by atoms with Crippen molar-refractivity contribution in [3.8, 4) is 0 Å². The van der Waals surface area contributed by atoms with Crippen molar-refractivity contribution in [1.82, 2.24) is 19.2 Å². The summed E-state index contributed by atoms with van der Waals surface area (Å²) in [6.45, 7) is 1.81. The van der Waals surface area contributed by atoms with Crippen LogP contribution in [0, 0.1) is 6.92 Å². The number of amides is 1. The van der Waals surface area contributed by atoms with Gasteiger partial charge in [0.15, 0.2) is 5.65 Å². The fourth-order valence-corrected chi connectivity index (χ4v) is 2.68. The number of aromatic nitrogens is 4. The fraction of sp³-hybridized carbons (Fsp3) is 0.111. The van der Waals surface area contributed by atoms with Crippen molar-refractivity contribution in [1.29, 1.82) is 0 Å². The predicted molar refractivity (Wildman–Crippen MR) is 94.6 cm³/mol. The summed E-state index contributed by atoms with van der Waals surface area (Å²) in [5.41, 5.74) is 2.62. The highest BCUT2D eigenvalue weighted by atomic mass is 16.2. The Balaban J connectivity index is 1.66. The Labute approximate surface area is 142 Å². The van der Waals surface area contributed by atoms with E-state index in [1.54, 1.807) is 0 Å². The van der Waals surface area contributed by atoms with Gasteiger partial charge in [0.25, 0.3) is 0 Å². The van der Waals surface area contributed by atoms with E-state index in [4.69, 9.17) is 0 Å². The van der Waals surface area contributed by atoms with Crippen LogP contribution in [0.2, 0.25) is 0 Å². The van der Waals surface area contributed by atoms with Gasteiger partial charge in [-0.3, -0.25) is 4.79 Å². The van der Waals surface area contributed by atoms with E-state index in [0.29, 0.717) is 11.3 Å². The summed E-state index contributed by atoms with van der Waals surface area (Å²) in [5.74, 6) is -0.313. The molecule has 0 radical (unpaired) electrons. The van der Waals surface area contributed by atoms with E-state index in [0.717, 1.165) is 21.1 Å². The Morgan fingerprint density at radius 1 is 1.12 bits per heavy atom. The number of nitrogens with zero attached hydrogens (tertiary/aromatic N) is 4. The van der Waals surface area contributed by atoms with Gasteiger partial charge >= 0.3 is 5.69 Å². The van der Waals surface area contributed by atoms with Crippen LogP contribution < -0.4 is 11.0 Å². The molecule has 1 amide bonds. The monoisotopic (exact) mass is 333 g/mol. The molecule has 7 nitrogen and oxygen atoms in total. The van der Waals surface area contributed by atoms with Crippen LogP contribution >= 0.6 is 0 Å². The molecule has 124 valence electrons. The molecule has 0 aliphatic rings. The Morgan fingerprint density at radius 2 is 1.88 bits per heavy atom. The zero-order valence-electron chi connectivity index (χ0n) is 13.5. The van der Waals surface area contributed by atoms with E-state index in [1.807, 2.05) is 55.5 Å². The standard InChI is InChI=1S/C18H15N5O2/c1-12-6-8-13(9-7-12)20-16(24)10-23-18(25)22-11-19-15-5-3-2-4-14(15)17(22)21-23/h2-9,11H,10H2,1H3,(H,20,24). The van der Waals surface area contributed by atoms with Gasteiger partial charge in [0.1, 0.15) is 12.9 Å². The van der Waals surface area contributed by atoms with Crippen LogP contribution in [0.4, 0.5) is 5.69 Å². The molecule has 0 bridgehead atoms. The van der Waals surface area contributed by atoms with E-state index >= 15 is 0 Å². The van der Waals surface area contributed by atoms with Crippen LogP contribution in [0.5, 0.6) is 0 Å². The smallest absolute Gasteiger partial charge is 0.324 e. The maximum absolute atomic E-state index is 12.4. The van der Waals surface area contributed by atoms with Crippen LogP contribution in [0.15, 0.2) is 59.7 Å². The van der Waals surface area contributed by atoms with Gasteiger partial charge in [-0.05, 0) is 31.2 Å². The molecule has 0 atom stereocenters. The van der Waals surface area contributed by atoms with E-state index in [-0.39, 0.29) is 12.5 Å². The first-order valence-corrected chi connectivity index (χ1v) is 7.81. The molecule has 0 aliphatic heterocycles. The molecule has 4 aromatic rings. The highest BCUT2D eigenvalue weighted by Crippen LogP contribution is 2.14. The van der Waals surface area contributed by atoms with Gasteiger partial charge in [-0.15, -0.1) is 5.10 Å². The summed E-state index contributed by atoms with van der Waals surface area (Å²) in [6.07, 6.45) is 1.43. The van der Waals surface area contributed by atoms with Crippen LogP contribution in [0.3, 0.4) is 0 Å². The average molecular weight is 333 g/mol. The molecule has 25 heavy (non-hydrogen) atoms. The summed E-state index contributed by atoms with van der Waals surface area (Å²) < 4.78 is 2.49. The SMILES string of the molecule is Cc1ccc(NC(=O)Cn2nc3c4ccccc4ncn3c2=O)cc1. The Hall–Kier alpha value is -3.48. The highest BCUT2D eigenvalue weighted by Gasteiger charge is 2.13. The first-order valence-electron chi connectivity index (χ1n) is 7.81. The Morgan fingerprint density at radius 3 is 2.68 bits per heavy atom. The molecule has 4 rings (SSSR count). The maximum Gasteiger partial charge on any atom is 0.352 e. The Kier molecular flexibility index (Phi) is 3.53. The molecule has 0 unspecified atom stereocenters. The number of aryl methyl sites for hydroxylation is 1. The second-order valence-electron chi connectivity index (χ2n) is 5.81. The van der Waals surface area contributed by atoms with Gasteiger partial charge in [-0.25, -0.2) is 18.9 Å². The van der Waals surface area contributed by atoms with Crippen molar-refractivity contribution in [2.45, 2.75) is 13.5 Å². The lowest BCUT2D eigenvalue weighted by Gasteiger charge is -2.04. The summed E-state index contributed by atoms with van der Waals surface area (Å²) in [5, 5.41) is 7.83. The maximum atomic E-state index is 12.4. The number of hydrogen-bond acceptors (Lipinski definition) is 4. The minimum atomic E-state index is -0.396. The lowest BCUT2D eigenvalue weighted by atomic mass is 10.2. The molecule has 2 heterocycles. The third kappa shape index (κ3) is 2.76. The van der Waals surface area contributed by atoms with Crippen molar-refractivity contribution in [3.63, 3.8) is 0 Å². The molecule has 1 N–H and O–H groups in total. The van der Waals surface area contributed by atoms with Gasteiger partial charge in [0.2, 0.25) is 5.91 Å². The molecule has 7 heteroatoms. The zero-order valence-corrected chi connectivity index (χ0v) is 13.5. The number of nitrogens with one attached hydrogen (secondary N) is 1. The quantitative estimate of drug-likeness (QED) is 0.622. The van der Waals surface area contributed by atoms with Gasteiger partial charge in [0.05, 0.1) is 5.52 Å². The molecule has 0 aliphatic carbocycles. The van der Waals surface area contributed by atoms with Crippen molar-refractivity contribution >= 4 is 28.1 Å². The largest absolute Gasteiger partial charge is 0.352 e. The molecule has 0 saturated carbocycles. The second kappa shape index (κ2) is 5.86. The molecule has 2 aromatic heterocycles. The summed E-state index contributed by atoms with van der Waals surface area (Å²) in [7, 11) is 0. The van der Waals surface area contributed by atoms with Gasteiger partial charge < -0.3 is 5.32 Å². The van der Waals surface area contributed by atoms with Gasteiger partial charge in [-0.1, -0.05) is 29.8 Å². The lowest BCUT2D eigenvalue weighted by molar-refractivity contribution is -0.117. The number of fused-ring (bicyclic) bond motifs is 3. The number of anilines is 1. The predicted octanol–water partition coefficient (Wildman–Crippen LogP) is 1.99. The number of carbonyl (C=O) groups excluding carboxylic acids is 1. The molecular weight excluding hydrogens is 318 g/mol. The van der Waals surface area contributed by atoms with E-state index in [2.05, 4.69) is 15.4 Å². The summed E-state index contributed by atoms with van der Waals surface area (Å²) in [4.78, 5) is 28.9. The normalized spacial score (nSPS) is 11.1. The van der Waals surface area contributed by atoms with Crippen LogP contribution in [-0.4, -0.2) is 25.1 Å². The third-order valence-electron chi connectivity index (χ3n) is 3.96. The number of para-hydroxylation sites is 1. The number of hydrogen-bond donors (Lipinski definition) is 1. The number of carbonyl (C=O) groups is 1. The summed E-state index contributed by atoms with van der Waals surface area (Å²) >= 11 is 0. The van der Waals surface area contributed by atoms with Crippen molar-refractivity contribution in [3.05, 3.63) is 70.9 Å². The minimum Gasteiger partial charge on any atom is -0.324 e. The lowest BCUT2D eigenvalue weighted by Crippen LogP contribution is -2.28. The molecule has 0 fully saturated rings. The molecule has 0 saturated heterocycles. The number of rotatable bonds is 3. The zero-order chi connectivity index (χ0) is 17.4. The van der Waals surface area contributed by atoms with Crippen LogP contribution in [0.1, 0.15) is 5.56 Å². The van der Waals surface area contributed by atoms with E-state index in [1.165, 1.54) is 10.7 Å². The highest BCUT2D eigenvalue weighted by molar-refractivity contribution is 5.92. The summed E-state index contributed by atoms with van der Waals surface area (Å²) in [6, 6.07) is 14.9. The average Bonchev–Trinajstić information content (AvgIpc) is 2.93. The third-order valence-corrected chi connectivity index (χ3v) is 3.96.